The van der Waals surface area contributed by atoms with Crippen LogP contribution in [0.4, 0.5) is 5.69 Å². The third-order valence-corrected chi connectivity index (χ3v) is 8.87. The number of likely N-dealkylation sites (tertiary alicyclic amines) is 1. The summed E-state index contributed by atoms with van der Waals surface area (Å²) < 4.78 is 30.6. The molecule has 1 fully saturated rings. The van der Waals surface area contributed by atoms with Crippen LogP contribution in [0.1, 0.15) is 22.5 Å². The van der Waals surface area contributed by atoms with Gasteiger partial charge < -0.3 is 10.2 Å². The van der Waals surface area contributed by atoms with Crippen molar-refractivity contribution in [3.05, 3.63) is 65.5 Å². The highest BCUT2D eigenvalue weighted by Gasteiger charge is 2.21. The molecule has 1 amide bonds. The van der Waals surface area contributed by atoms with Gasteiger partial charge >= 0.3 is 0 Å². The summed E-state index contributed by atoms with van der Waals surface area (Å²) in [7, 11) is -2.02. The molecule has 33 heavy (non-hydrogen) atoms. The number of amides is 1. The van der Waals surface area contributed by atoms with Crippen molar-refractivity contribution in [2.75, 3.05) is 18.9 Å². The molecule has 1 saturated heterocycles. The quantitative estimate of drug-likeness (QED) is 0.416. The summed E-state index contributed by atoms with van der Waals surface area (Å²) in [5.74, 6) is 0.258. The molecule has 168 valence electrons. The second-order valence-electron chi connectivity index (χ2n) is 7.64. The molecule has 1 aliphatic heterocycles. The zero-order valence-electron chi connectivity index (χ0n) is 17.7. The number of aromatic nitrogens is 1. The minimum absolute atomic E-state index is 0.0504. The molecule has 1 aliphatic rings. The number of anilines is 1. The van der Waals surface area contributed by atoms with Gasteiger partial charge in [-0.3, -0.25) is 4.79 Å². The fourth-order valence-electron chi connectivity index (χ4n) is 3.58. The highest BCUT2D eigenvalue weighted by atomic mass is 32.2. The Morgan fingerprint density at radius 2 is 1.94 bits per heavy atom. The molecule has 0 atom stereocenters. The third kappa shape index (κ3) is 4.54. The van der Waals surface area contributed by atoms with Gasteiger partial charge in [-0.05, 0) is 48.9 Å². The molecule has 7 nitrogen and oxygen atoms in total. The van der Waals surface area contributed by atoms with Crippen molar-refractivity contribution >= 4 is 60.3 Å². The topological polar surface area (TPSA) is 91.7 Å². The monoisotopic (exact) mass is 496 g/mol. The fourth-order valence-corrected chi connectivity index (χ4v) is 6.64. The summed E-state index contributed by atoms with van der Waals surface area (Å²) in [5.41, 5.74) is 1.33. The summed E-state index contributed by atoms with van der Waals surface area (Å²) in [6.45, 7) is 0.796. The van der Waals surface area contributed by atoms with Crippen molar-refractivity contribution < 1.29 is 13.2 Å². The van der Waals surface area contributed by atoms with Gasteiger partial charge in [0.05, 0.1) is 24.9 Å². The standard InChI is InChI=1S/C23H20N4O3S3/c1-27-13-5-10-21(27)26-33(29,30)16-7-4-6-15(14-16)24-22(28)19-11-12-20(31-19)23-25-17-8-2-3-9-18(17)32-23/h2-4,6-9,11-12,14H,5,10,13H2,1H3,(H,24,28)/b26-21+. The van der Waals surface area contributed by atoms with Gasteiger partial charge in [0.15, 0.2) is 0 Å². The summed E-state index contributed by atoms with van der Waals surface area (Å²) in [6.07, 6.45) is 1.53. The second kappa shape index (κ2) is 8.69. The number of nitrogens with zero attached hydrogens (tertiary/aromatic N) is 3. The van der Waals surface area contributed by atoms with Crippen LogP contribution in [0.3, 0.4) is 0 Å². The normalized spacial score (nSPS) is 15.4. The number of sulfonamides is 1. The molecule has 0 spiro atoms. The number of thiophene rings is 1. The number of amidine groups is 1. The van der Waals surface area contributed by atoms with E-state index >= 15 is 0 Å². The Kier molecular flexibility index (Phi) is 5.73. The Hall–Kier alpha value is -3.08. The number of carbonyl (C=O) groups excluding carboxylic acids is 1. The first-order chi connectivity index (χ1) is 15.9. The first-order valence-electron chi connectivity index (χ1n) is 10.3. The van der Waals surface area contributed by atoms with Crippen molar-refractivity contribution in [2.24, 2.45) is 4.40 Å². The molecular formula is C23H20N4O3S3. The van der Waals surface area contributed by atoms with Gasteiger partial charge in [0.25, 0.3) is 15.9 Å². The number of fused-ring (bicyclic) bond motifs is 1. The molecule has 0 aliphatic carbocycles. The van der Waals surface area contributed by atoms with Crippen molar-refractivity contribution in [3.8, 4) is 9.88 Å². The first kappa shape index (κ1) is 21.7. The molecule has 1 N–H and O–H groups in total. The summed E-state index contributed by atoms with van der Waals surface area (Å²) in [5, 5.41) is 3.66. The SMILES string of the molecule is CN1CCC/C1=N\S(=O)(=O)c1cccc(NC(=O)c2ccc(-c3nc4ccccc4s3)s2)c1. The molecule has 3 heterocycles. The second-order valence-corrected chi connectivity index (χ2v) is 11.4. The number of nitrogens with one attached hydrogen (secondary N) is 1. The smallest absolute Gasteiger partial charge is 0.284 e. The zero-order chi connectivity index (χ0) is 23.0. The van der Waals surface area contributed by atoms with Crippen LogP contribution >= 0.6 is 22.7 Å². The predicted octanol–water partition coefficient (Wildman–Crippen LogP) is 5.09. The van der Waals surface area contributed by atoms with E-state index in [2.05, 4.69) is 14.7 Å². The number of para-hydroxylation sites is 1. The van der Waals surface area contributed by atoms with Crippen molar-refractivity contribution in [2.45, 2.75) is 17.7 Å². The van der Waals surface area contributed by atoms with Gasteiger partial charge in [0, 0.05) is 25.7 Å². The Balaban J connectivity index is 1.34. The number of thiazole rings is 1. The number of benzene rings is 2. The van der Waals surface area contributed by atoms with E-state index in [0.717, 1.165) is 33.1 Å². The van der Waals surface area contributed by atoms with Gasteiger partial charge in [0.2, 0.25) is 0 Å². The molecule has 0 radical (unpaired) electrons. The molecule has 2 aromatic heterocycles. The summed E-state index contributed by atoms with van der Waals surface area (Å²) >= 11 is 2.93. The lowest BCUT2D eigenvalue weighted by atomic mass is 10.3. The van der Waals surface area contributed by atoms with Crippen LogP contribution in [-0.4, -0.2) is 43.6 Å². The molecule has 2 aromatic carbocycles. The maximum atomic E-state index is 12.8. The highest BCUT2D eigenvalue weighted by Crippen LogP contribution is 2.34. The average Bonchev–Trinajstić information content (AvgIpc) is 3.53. The molecule has 4 aromatic rings. The Morgan fingerprint density at radius 1 is 1.09 bits per heavy atom. The fraction of sp³-hybridized carbons (Fsp3) is 0.174. The Bertz CT molecular complexity index is 1450. The van der Waals surface area contributed by atoms with Crippen LogP contribution < -0.4 is 5.32 Å². The maximum absolute atomic E-state index is 12.8. The van der Waals surface area contributed by atoms with E-state index in [-0.39, 0.29) is 10.8 Å². The number of hydrogen-bond acceptors (Lipinski definition) is 6. The van der Waals surface area contributed by atoms with Gasteiger partial charge in [0.1, 0.15) is 10.8 Å². The number of rotatable bonds is 5. The number of carbonyl (C=O) groups is 1. The van der Waals surface area contributed by atoms with Crippen LogP contribution in [0, 0.1) is 0 Å². The molecule has 0 saturated carbocycles. The predicted molar refractivity (Wildman–Crippen MR) is 134 cm³/mol. The number of hydrogen-bond donors (Lipinski definition) is 1. The summed E-state index contributed by atoms with van der Waals surface area (Å²) in [4.78, 5) is 20.8. The lowest BCUT2D eigenvalue weighted by Gasteiger charge is -2.11. The van der Waals surface area contributed by atoms with Crippen molar-refractivity contribution in [3.63, 3.8) is 0 Å². The van der Waals surface area contributed by atoms with Gasteiger partial charge in [-0.2, -0.15) is 8.42 Å². The Labute approximate surface area is 199 Å². The van der Waals surface area contributed by atoms with Crippen LogP contribution in [0.25, 0.3) is 20.1 Å². The van der Waals surface area contributed by atoms with Crippen LogP contribution in [0.15, 0.2) is 70.0 Å². The van der Waals surface area contributed by atoms with E-state index in [0.29, 0.717) is 22.8 Å². The molecule has 5 rings (SSSR count). The summed E-state index contributed by atoms with van der Waals surface area (Å²) in [6, 6.07) is 17.7. The van der Waals surface area contributed by atoms with E-state index in [4.69, 9.17) is 0 Å². The molecule has 0 unspecified atom stereocenters. The van der Waals surface area contributed by atoms with Gasteiger partial charge in [-0.15, -0.1) is 27.1 Å². The van der Waals surface area contributed by atoms with E-state index in [1.165, 1.54) is 23.5 Å². The van der Waals surface area contributed by atoms with E-state index in [1.54, 1.807) is 29.5 Å². The maximum Gasteiger partial charge on any atom is 0.284 e. The van der Waals surface area contributed by atoms with E-state index in [9.17, 15) is 13.2 Å². The lowest BCUT2D eigenvalue weighted by Crippen LogP contribution is -2.20. The van der Waals surface area contributed by atoms with Crippen molar-refractivity contribution in [1.29, 1.82) is 0 Å². The molecule has 0 bridgehead atoms. The minimum Gasteiger partial charge on any atom is -0.362 e. The third-order valence-electron chi connectivity index (χ3n) is 5.28. The largest absolute Gasteiger partial charge is 0.362 e. The van der Waals surface area contributed by atoms with Gasteiger partial charge in [-0.1, -0.05) is 18.2 Å². The van der Waals surface area contributed by atoms with Crippen LogP contribution in [-0.2, 0) is 10.0 Å². The minimum atomic E-state index is -3.85. The van der Waals surface area contributed by atoms with Crippen molar-refractivity contribution in [1.82, 2.24) is 9.88 Å². The lowest BCUT2D eigenvalue weighted by molar-refractivity contribution is 0.103. The highest BCUT2D eigenvalue weighted by molar-refractivity contribution is 7.90. The first-order valence-corrected chi connectivity index (χ1v) is 13.4. The van der Waals surface area contributed by atoms with E-state index in [1.807, 2.05) is 42.3 Å². The van der Waals surface area contributed by atoms with Crippen LogP contribution in [0.5, 0.6) is 0 Å². The zero-order valence-corrected chi connectivity index (χ0v) is 20.1. The molecule has 10 heteroatoms. The Morgan fingerprint density at radius 3 is 2.73 bits per heavy atom. The molecular weight excluding hydrogens is 476 g/mol. The van der Waals surface area contributed by atoms with Crippen LogP contribution in [0.2, 0.25) is 0 Å². The van der Waals surface area contributed by atoms with Gasteiger partial charge in [-0.25, -0.2) is 4.98 Å². The average molecular weight is 497 g/mol. The van der Waals surface area contributed by atoms with E-state index < -0.39 is 10.0 Å².